The smallest absolute Gasteiger partial charge is 0.124 e. The van der Waals surface area contributed by atoms with Gasteiger partial charge >= 0.3 is 0 Å². The highest BCUT2D eigenvalue weighted by Crippen LogP contribution is 2.30. The molecule has 3 nitrogen and oxygen atoms in total. The highest BCUT2D eigenvalue weighted by atomic mass is 19.1. The maximum absolute atomic E-state index is 13.3. The zero-order valence-corrected chi connectivity index (χ0v) is 9.41. The van der Waals surface area contributed by atoms with Crippen molar-refractivity contribution in [1.29, 1.82) is 0 Å². The monoisotopic (exact) mass is 231 g/mol. The van der Waals surface area contributed by atoms with Gasteiger partial charge in [0.1, 0.15) is 5.82 Å². The van der Waals surface area contributed by atoms with E-state index in [1.54, 1.807) is 6.07 Å². The summed E-state index contributed by atoms with van der Waals surface area (Å²) < 4.78 is 13.3. The molecule has 3 rings (SSSR count). The van der Waals surface area contributed by atoms with Crippen molar-refractivity contribution < 1.29 is 4.39 Å². The molecule has 17 heavy (non-hydrogen) atoms. The van der Waals surface area contributed by atoms with Crippen LogP contribution in [0, 0.1) is 5.82 Å². The van der Waals surface area contributed by atoms with Gasteiger partial charge in [-0.3, -0.25) is 4.98 Å². The molecule has 4 heteroatoms. The summed E-state index contributed by atoms with van der Waals surface area (Å²) in [4.78, 5) is 4.39. The van der Waals surface area contributed by atoms with Crippen LogP contribution in [0.2, 0.25) is 0 Å². The molecule has 0 spiro atoms. The Morgan fingerprint density at radius 1 is 1.35 bits per heavy atom. The van der Waals surface area contributed by atoms with Gasteiger partial charge in [-0.1, -0.05) is 0 Å². The average Bonchev–Trinajstić information content (AvgIpc) is 3.13. The first kappa shape index (κ1) is 10.5. The molecule has 1 fully saturated rings. The quantitative estimate of drug-likeness (QED) is 0.852. The summed E-state index contributed by atoms with van der Waals surface area (Å²) >= 11 is 0. The lowest BCUT2D eigenvalue weighted by Gasteiger charge is -2.10. The molecule has 1 aliphatic rings. The van der Waals surface area contributed by atoms with Crippen LogP contribution in [0.5, 0.6) is 0 Å². The Kier molecular flexibility index (Phi) is 2.44. The van der Waals surface area contributed by atoms with Gasteiger partial charge in [-0.25, -0.2) is 4.39 Å². The number of nitrogens with zero attached hydrogens (tertiary/aromatic N) is 1. The molecule has 0 amide bonds. The lowest BCUT2D eigenvalue weighted by atomic mass is 10.1. The van der Waals surface area contributed by atoms with Gasteiger partial charge in [0, 0.05) is 23.7 Å². The Hall–Kier alpha value is -1.68. The fourth-order valence-corrected chi connectivity index (χ4v) is 1.92. The van der Waals surface area contributed by atoms with Crippen LogP contribution in [0.25, 0.3) is 10.9 Å². The van der Waals surface area contributed by atoms with Gasteiger partial charge in [-0.05, 0) is 37.1 Å². The van der Waals surface area contributed by atoms with Crippen LogP contribution in [0.4, 0.5) is 10.1 Å². The van der Waals surface area contributed by atoms with Gasteiger partial charge in [0.25, 0.3) is 0 Å². The number of nitrogens with two attached hydrogens (primary N) is 1. The van der Waals surface area contributed by atoms with Crippen molar-refractivity contribution in [2.75, 3.05) is 5.32 Å². The van der Waals surface area contributed by atoms with Crippen molar-refractivity contribution in [3.63, 3.8) is 0 Å². The van der Waals surface area contributed by atoms with Gasteiger partial charge < -0.3 is 11.1 Å². The summed E-state index contributed by atoms with van der Waals surface area (Å²) in [5.41, 5.74) is 8.18. The largest absolute Gasteiger partial charge is 0.382 e. The Labute approximate surface area is 98.8 Å². The maximum Gasteiger partial charge on any atom is 0.124 e. The van der Waals surface area contributed by atoms with Crippen molar-refractivity contribution in [1.82, 2.24) is 4.98 Å². The van der Waals surface area contributed by atoms with E-state index < -0.39 is 0 Å². The summed E-state index contributed by atoms with van der Waals surface area (Å²) in [6.07, 6.45) is 2.36. The maximum atomic E-state index is 13.3. The number of anilines is 1. The van der Waals surface area contributed by atoms with E-state index in [9.17, 15) is 4.39 Å². The van der Waals surface area contributed by atoms with Gasteiger partial charge in [0.2, 0.25) is 0 Å². The summed E-state index contributed by atoms with van der Waals surface area (Å²) in [6, 6.07) is 7.08. The van der Waals surface area contributed by atoms with Crippen molar-refractivity contribution >= 4 is 16.6 Å². The van der Waals surface area contributed by atoms with Crippen LogP contribution >= 0.6 is 0 Å². The number of pyridine rings is 1. The number of fused-ring (bicyclic) bond motifs is 1. The minimum absolute atomic E-state index is 0.237. The number of rotatable bonds is 3. The Bertz CT molecular complexity index is 564. The zero-order chi connectivity index (χ0) is 11.8. The third-order valence-corrected chi connectivity index (χ3v) is 2.97. The van der Waals surface area contributed by atoms with E-state index in [1.807, 2.05) is 6.07 Å². The number of aromatic nitrogens is 1. The van der Waals surface area contributed by atoms with Crippen LogP contribution < -0.4 is 11.1 Å². The molecule has 1 aromatic carbocycles. The van der Waals surface area contributed by atoms with Gasteiger partial charge in [-0.2, -0.15) is 0 Å². The standard InChI is InChI=1S/C13H14FN3/c14-8-1-4-12-11(5-8)13(16-9-2-3-9)6-10(7-15)17-12/h1,4-6,9H,2-3,7,15H2,(H,16,17). The van der Waals surface area contributed by atoms with Crippen molar-refractivity contribution in [2.45, 2.75) is 25.4 Å². The van der Waals surface area contributed by atoms with E-state index >= 15 is 0 Å². The van der Waals surface area contributed by atoms with Gasteiger partial charge in [0.15, 0.2) is 0 Å². The van der Waals surface area contributed by atoms with Crippen LogP contribution in [0.3, 0.4) is 0 Å². The Morgan fingerprint density at radius 2 is 2.18 bits per heavy atom. The molecule has 1 saturated carbocycles. The molecule has 0 bridgehead atoms. The van der Waals surface area contributed by atoms with Crippen molar-refractivity contribution in [3.05, 3.63) is 35.8 Å². The molecule has 0 unspecified atom stereocenters. The van der Waals surface area contributed by atoms with E-state index in [0.29, 0.717) is 12.6 Å². The summed E-state index contributed by atoms with van der Waals surface area (Å²) in [5.74, 6) is -0.237. The summed E-state index contributed by atoms with van der Waals surface area (Å²) in [5, 5.41) is 4.23. The molecule has 0 saturated heterocycles. The van der Waals surface area contributed by atoms with Crippen LogP contribution in [-0.4, -0.2) is 11.0 Å². The molecule has 1 aromatic heterocycles. The number of nitrogens with one attached hydrogen (secondary N) is 1. The Morgan fingerprint density at radius 3 is 2.88 bits per heavy atom. The van der Waals surface area contributed by atoms with Crippen molar-refractivity contribution in [2.24, 2.45) is 5.73 Å². The molecule has 0 aliphatic heterocycles. The Balaban J connectivity index is 2.16. The predicted octanol–water partition coefficient (Wildman–Crippen LogP) is 2.41. The van der Waals surface area contributed by atoms with Gasteiger partial charge in [-0.15, -0.1) is 0 Å². The number of halogens is 1. The van der Waals surface area contributed by atoms with E-state index in [2.05, 4.69) is 10.3 Å². The van der Waals surface area contributed by atoms with Gasteiger partial charge in [0.05, 0.1) is 11.2 Å². The second-order valence-corrected chi connectivity index (χ2v) is 4.45. The minimum atomic E-state index is -0.237. The molecule has 1 aliphatic carbocycles. The molecular formula is C13H14FN3. The zero-order valence-electron chi connectivity index (χ0n) is 9.41. The SMILES string of the molecule is NCc1cc(NC2CC2)c2cc(F)ccc2n1. The first-order valence-corrected chi connectivity index (χ1v) is 5.82. The first-order chi connectivity index (χ1) is 8.26. The third-order valence-electron chi connectivity index (χ3n) is 2.97. The predicted molar refractivity (Wildman–Crippen MR) is 66.2 cm³/mol. The van der Waals surface area contributed by atoms with E-state index in [0.717, 1.165) is 22.3 Å². The molecule has 88 valence electrons. The average molecular weight is 231 g/mol. The lowest BCUT2D eigenvalue weighted by Crippen LogP contribution is -2.06. The van der Waals surface area contributed by atoms with E-state index in [4.69, 9.17) is 5.73 Å². The number of hydrogen-bond acceptors (Lipinski definition) is 3. The molecule has 1 heterocycles. The summed E-state index contributed by atoms with van der Waals surface area (Å²) in [7, 11) is 0. The molecule has 0 radical (unpaired) electrons. The van der Waals surface area contributed by atoms with E-state index in [1.165, 1.54) is 25.0 Å². The third kappa shape index (κ3) is 2.08. The van der Waals surface area contributed by atoms with Crippen molar-refractivity contribution in [3.8, 4) is 0 Å². The van der Waals surface area contributed by atoms with Crippen LogP contribution in [0.1, 0.15) is 18.5 Å². The first-order valence-electron chi connectivity index (χ1n) is 5.82. The second-order valence-electron chi connectivity index (χ2n) is 4.45. The highest BCUT2D eigenvalue weighted by molar-refractivity contribution is 5.91. The molecule has 0 atom stereocenters. The molecule has 2 aromatic rings. The topological polar surface area (TPSA) is 50.9 Å². The fourth-order valence-electron chi connectivity index (χ4n) is 1.92. The minimum Gasteiger partial charge on any atom is -0.382 e. The van der Waals surface area contributed by atoms with E-state index in [-0.39, 0.29) is 5.82 Å². The number of hydrogen-bond donors (Lipinski definition) is 2. The van der Waals surface area contributed by atoms with Crippen LogP contribution in [0.15, 0.2) is 24.3 Å². The summed E-state index contributed by atoms with van der Waals surface area (Å²) in [6.45, 7) is 0.395. The van der Waals surface area contributed by atoms with Crippen LogP contribution in [-0.2, 0) is 6.54 Å². The molecular weight excluding hydrogens is 217 g/mol. The lowest BCUT2D eigenvalue weighted by molar-refractivity contribution is 0.629. The second kappa shape index (κ2) is 3.96. The highest BCUT2D eigenvalue weighted by Gasteiger charge is 2.22. The fraction of sp³-hybridized carbons (Fsp3) is 0.308. The normalized spacial score (nSPS) is 15.2. The molecule has 3 N–H and O–H groups in total. The number of benzene rings is 1.